The number of alkyl halides is 1. The number of nitrogens with one attached hydrogen (secondary N) is 3. The van der Waals surface area contributed by atoms with Crippen LogP contribution in [0.15, 0.2) is 52.2 Å². The summed E-state index contributed by atoms with van der Waals surface area (Å²) in [5.41, 5.74) is -2.03. The minimum atomic E-state index is -5.60. The summed E-state index contributed by atoms with van der Waals surface area (Å²) >= 11 is 0. The summed E-state index contributed by atoms with van der Waals surface area (Å²) in [5.74, 6) is -5.78. The number of aromatic nitrogens is 2. The van der Waals surface area contributed by atoms with E-state index in [4.69, 9.17) is 27.8 Å². The summed E-state index contributed by atoms with van der Waals surface area (Å²) in [7, 11) is -5.60. The molecule has 2 aromatic rings. The van der Waals surface area contributed by atoms with E-state index in [1.807, 2.05) is 56.1 Å². The maximum absolute atomic E-state index is 16.1. The van der Waals surface area contributed by atoms with Gasteiger partial charge in [-0.15, -0.1) is 0 Å². The molecule has 2 unspecified atom stereocenters. The number of carbonyl (C=O) groups excluding carboxylic acids is 3. The Morgan fingerprint density at radius 3 is 2.00 bits per heavy atom. The fourth-order valence-corrected chi connectivity index (χ4v) is 6.95. The number of nitrogens with zero attached hydrogens (tertiary/aromatic N) is 1. The van der Waals surface area contributed by atoms with E-state index in [-0.39, 0.29) is 24.9 Å². The average Bonchev–Trinajstić information content (AvgIpc) is 3.42. The van der Waals surface area contributed by atoms with E-state index in [1.165, 1.54) is 20.8 Å². The van der Waals surface area contributed by atoms with E-state index in [0.717, 1.165) is 17.8 Å². The molecule has 334 valence electrons. The standard InChI is InChI=1S/C38H54FN4O16P/c1-22(2)12-15-40-25(19-29(45)46)34(49)58-60(53,59-35(50)26(20-30(47)48)41-16-13-23(3)18-24-10-8-7-9-11-24)54-21-27-32(56-37(52)57-38(4,5)6)31(39)33(55-27)43-17-14-28(44)42-36(43)51/h7-11,14,17,22-23,25-27,31-33,40-41H,12-13,15-16,18-21H2,1-6H3,(H,45,46)(H,47,48)(H,42,44,51)/t23?,25-,26-,27+,31+,32+,33+,60?/m0/s1. The summed E-state index contributed by atoms with van der Waals surface area (Å²) in [4.78, 5) is 89.4. The van der Waals surface area contributed by atoms with Gasteiger partial charge in [-0.3, -0.25) is 28.5 Å². The first-order valence-corrected chi connectivity index (χ1v) is 20.7. The van der Waals surface area contributed by atoms with E-state index in [9.17, 15) is 48.3 Å². The first-order valence-electron chi connectivity index (χ1n) is 19.2. The van der Waals surface area contributed by atoms with E-state index < -0.39 is 111 Å². The predicted octanol–water partition coefficient (Wildman–Crippen LogP) is 3.48. The number of phosphoric ester groups is 1. The molecule has 0 amide bonds. The van der Waals surface area contributed by atoms with Crippen molar-refractivity contribution in [3.05, 3.63) is 69.0 Å². The number of hydrogen-bond acceptors (Lipinski definition) is 16. The zero-order valence-corrected chi connectivity index (χ0v) is 35.1. The van der Waals surface area contributed by atoms with Crippen molar-refractivity contribution in [1.29, 1.82) is 0 Å². The van der Waals surface area contributed by atoms with Crippen LogP contribution in [0.3, 0.4) is 0 Å². The Bertz CT molecular complexity index is 1940. The molecule has 0 bridgehead atoms. The molecule has 1 aromatic carbocycles. The molecule has 0 saturated carbocycles. The van der Waals surface area contributed by atoms with Crippen LogP contribution in [0.5, 0.6) is 0 Å². The highest BCUT2D eigenvalue weighted by molar-refractivity contribution is 7.49. The zero-order chi connectivity index (χ0) is 44.8. The molecule has 1 aliphatic rings. The summed E-state index contributed by atoms with van der Waals surface area (Å²) in [6.07, 6.45) is -8.81. The monoisotopic (exact) mass is 872 g/mol. The molecule has 2 heterocycles. The Hall–Kier alpha value is -4.95. The van der Waals surface area contributed by atoms with Crippen molar-refractivity contribution in [2.24, 2.45) is 11.8 Å². The molecule has 1 aromatic heterocycles. The number of hydrogen-bond donors (Lipinski definition) is 5. The van der Waals surface area contributed by atoms with Crippen molar-refractivity contribution < 1.29 is 70.9 Å². The number of rotatable bonds is 23. The van der Waals surface area contributed by atoms with Gasteiger partial charge in [-0.05, 0) is 70.5 Å². The number of halogens is 1. The molecule has 1 saturated heterocycles. The molecular formula is C38H54FN4O16P. The molecule has 3 rings (SSSR count). The van der Waals surface area contributed by atoms with Crippen LogP contribution in [-0.2, 0) is 57.9 Å². The molecule has 20 nitrogen and oxygen atoms in total. The third-order valence-electron chi connectivity index (χ3n) is 8.71. The minimum Gasteiger partial charge on any atom is -0.481 e. The van der Waals surface area contributed by atoms with Crippen LogP contribution in [-0.4, -0.2) is 106 Å². The zero-order valence-electron chi connectivity index (χ0n) is 34.2. The molecule has 5 N–H and O–H groups in total. The smallest absolute Gasteiger partial charge is 0.481 e. The lowest BCUT2D eigenvalue weighted by atomic mass is 9.98. The molecule has 0 radical (unpaired) electrons. The summed E-state index contributed by atoms with van der Waals surface area (Å²) in [5, 5.41) is 24.5. The highest BCUT2D eigenvalue weighted by Gasteiger charge is 2.51. The van der Waals surface area contributed by atoms with E-state index in [2.05, 4.69) is 10.6 Å². The number of phosphoric acid groups is 1. The number of aromatic amines is 1. The van der Waals surface area contributed by atoms with Crippen LogP contribution in [0.25, 0.3) is 0 Å². The molecule has 1 aliphatic heterocycles. The lowest BCUT2D eigenvalue weighted by Crippen LogP contribution is -2.42. The largest absolute Gasteiger partial charge is 0.592 e. The first-order chi connectivity index (χ1) is 28.1. The Balaban J connectivity index is 1.93. The number of H-pyrrole nitrogens is 1. The van der Waals surface area contributed by atoms with Crippen LogP contribution in [0, 0.1) is 11.8 Å². The number of carboxylic acids is 2. The second kappa shape index (κ2) is 22.6. The number of carbonyl (C=O) groups is 5. The van der Waals surface area contributed by atoms with Crippen LogP contribution >= 0.6 is 7.82 Å². The maximum atomic E-state index is 16.1. The number of aliphatic carboxylic acids is 2. The van der Waals surface area contributed by atoms with Gasteiger partial charge in [0.1, 0.15) is 23.8 Å². The number of benzene rings is 1. The molecule has 60 heavy (non-hydrogen) atoms. The van der Waals surface area contributed by atoms with Crippen LogP contribution in [0.2, 0.25) is 0 Å². The van der Waals surface area contributed by atoms with Gasteiger partial charge in [-0.25, -0.2) is 28.1 Å². The van der Waals surface area contributed by atoms with Crippen molar-refractivity contribution in [2.75, 3.05) is 19.7 Å². The minimum absolute atomic E-state index is 0.0588. The van der Waals surface area contributed by atoms with Gasteiger partial charge >= 0.3 is 43.5 Å². The van der Waals surface area contributed by atoms with Crippen LogP contribution < -0.4 is 21.9 Å². The van der Waals surface area contributed by atoms with Gasteiger partial charge in [0.15, 0.2) is 18.5 Å². The van der Waals surface area contributed by atoms with Crippen LogP contribution in [0.1, 0.15) is 79.0 Å². The van der Waals surface area contributed by atoms with Crippen molar-refractivity contribution in [3.8, 4) is 0 Å². The van der Waals surface area contributed by atoms with Crippen molar-refractivity contribution in [2.45, 2.75) is 116 Å². The van der Waals surface area contributed by atoms with E-state index in [0.29, 0.717) is 23.8 Å². The Kier molecular flexibility index (Phi) is 18.6. The molecule has 0 spiro atoms. The SMILES string of the molecule is CC(C)CCN[C@@H](CC(=O)O)C(=O)OP(=O)(OC[C@H]1O[C@@H](n2ccc(=O)[nH]c2=O)[C@H](F)[C@@H]1OC(=O)OC(C)(C)C)OC(=O)[C@H](CC(=O)O)NCCC(C)Cc1ccccc1. The fourth-order valence-electron chi connectivity index (χ4n) is 5.79. The van der Waals surface area contributed by atoms with Gasteiger partial charge in [0.25, 0.3) is 5.56 Å². The van der Waals surface area contributed by atoms with Gasteiger partial charge in [0.2, 0.25) is 0 Å². The normalized spacial score (nSPS) is 20.3. The number of ether oxygens (including phenoxy) is 3. The van der Waals surface area contributed by atoms with Crippen molar-refractivity contribution >= 4 is 37.9 Å². The second-order valence-corrected chi connectivity index (χ2v) is 17.1. The fraction of sp³-hybridized carbons (Fsp3) is 0.605. The van der Waals surface area contributed by atoms with Crippen LogP contribution in [0.4, 0.5) is 9.18 Å². The Labute approximate surface area is 345 Å². The summed E-state index contributed by atoms with van der Waals surface area (Å²) in [6.45, 7) is 9.16. The van der Waals surface area contributed by atoms with Gasteiger partial charge in [-0.1, -0.05) is 51.1 Å². The lowest BCUT2D eigenvalue weighted by Gasteiger charge is -2.25. The van der Waals surface area contributed by atoms with Crippen molar-refractivity contribution in [1.82, 2.24) is 20.2 Å². The third kappa shape index (κ3) is 16.6. The van der Waals surface area contributed by atoms with E-state index >= 15 is 4.39 Å². The van der Waals surface area contributed by atoms with Gasteiger partial charge in [0.05, 0.1) is 19.4 Å². The summed E-state index contributed by atoms with van der Waals surface area (Å²) in [6, 6.07) is 7.05. The Morgan fingerprint density at radius 1 is 0.917 bits per heavy atom. The maximum Gasteiger partial charge on any atom is 0.592 e. The molecule has 22 heteroatoms. The molecule has 1 fully saturated rings. The highest BCUT2D eigenvalue weighted by atomic mass is 31.2. The number of carboxylic acid groups (broad SMARTS) is 2. The van der Waals surface area contributed by atoms with Gasteiger partial charge in [-0.2, -0.15) is 0 Å². The van der Waals surface area contributed by atoms with Gasteiger partial charge < -0.3 is 44.1 Å². The predicted molar refractivity (Wildman–Crippen MR) is 208 cm³/mol. The average molecular weight is 873 g/mol. The first kappa shape index (κ1) is 49.4. The lowest BCUT2D eigenvalue weighted by molar-refractivity contribution is -0.149. The Morgan fingerprint density at radius 2 is 1.48 bits per heavy atom. The molecule has 8 atom stereocenters. The van der Waals surface area contributed by atoms with E-state index in [1.54, 1.807) is 0 Å². The quantitative estimate of drug-likeness (QED) is 0.0789. The topological polar surface area (TPSA) is 277 Å². The second-order valence-electron chi connectivity index (χ2n) is 15.6. The highest BCUT2D eigenvalue weighted by Crippen LogP contribution is 2.51. The molecular weight excluding hydrogens is 818 g/mol. The molecule has 0 aliphatic carbocycles. The van der Waals surface area contributed by atoms with Gasteiger partial charge in [0, 0.05) is 12.3 Å². The third-order valence-corrected chi connectivity index (χ3v) is 9.98. The van der Waals surface area contributed by atoms with Crippen molar-refractivity contribution in [3.63, 3.8) is 0 Å². The summed E-state index contributed by atoms with van der Waals surface area (Å²) < 4.78 is 62.6.